The van der Waals surface area contributed by atoms with Gasteiger partial charge in [0.05, 0.1) is 22.6 Å². The minimum Gasteiger partial charge on any atom is -0.508 e. The quantitative estimate of drug-likeness (QED) is 0.511. The fraction of sp³-hybridized carbons (Fsp3) is 0.148. The van der Waals surface area contributed by atoms with E-state index in [1.165, 1.54) is 5.56 Å². The second kappa shape index (κ2) is 7.61. The second-order valence-electron chi connectivity index (χ2n) is 8.38. The van der Waals surface area contributed by atoms with Gasteiger partial charge in [-0.25, -0.2) is 0 Å². The van der Waals surface area contributed by atoms with Crippen molar-refractivity contribution in [2.75, 3.05) is 31.1 Å². The molecule has 0 amide bonds. The van der Waals surface area contributed by atoms with E-state index in [9.17, 15) is 5.11 Å². The van der Waals surface area contributed by atoms with E-state index in [0.717, 1.165) is 38.4 Å². The highest BCUT2D eigenvalue weighted by molar-refractivity contribution is 5.86. The molecular formula is C27H26N4O. The van der Waals surface area contributed by atoms with Gasteiger partial charge in [0, 0.05) is 37.4 Å². The van der Waals surface area contributed by atoms with Crippen LogP contribution in [-0.4, -0.2) is 37.6 Å². The molecular weight excluding hydrogens is 396 g/mol. The minimum absolute atomic E-state index is 0.102. The monoisotopic (exact) mass is 422 g/mol. The van der Waals surface area contributed by atoms with Crippen LogP contribution in [0.25, 0.3) is 23.1 Å². The number of hydrogen-bond donors (Lipinski definition) is 1. The van der Waals surface area contributed by atoms with E-state index in [4.69, 9.17) is 0 Å². The third-order valence-corrected chi connectivity index (χ3v) is 6.17. The Kier molecular flexibility index (Phi) is 4.74. The van der Waals surface area contributed by atoms with Gasteiger partial charge in [0.15, 0.2) is 0 Å². The molecule has 32 heavy (non-hydrogen) atoms. The Morgan fingerprint density at radius 1 is 1.00 bits per heavy atom. The number of fused-ring (bicyclic) bond motifs is 3. The maximum atomic E-state index is 10.2. The van der Waals surface area contributed by atoms with Crippen LogP contribution in [0.2, 0.25) is 0 Å². The molecule has 5 heteroatoms. The average Bonchev–Trinajstić information content (AvgIpc) is 3.29. The predicted molar refractivity (Wildman–Crippen MR) is 134 cm³/mol. The van der Waals surface area contributed by atoms with E-state index < -0.39 is 0 Å². The van der Waals surface area contributed by atoms with Crippen molar-refractivity contribution in [3.8, 4) is 5.75 Å². The van der Waals surface area contributed by atoms with Crippen LogP contribution in [0.15, 0.2) is 71.7 Å². The van der Waals surface area contributed by atoms with Gasteiger partial charge in [0.25, 0.3) is 0 Å². The fourth-order valence-electron chi connectivity index (χ4n) is 4.46. The van der Waals surface area contributed by atoms with Crippen molar-refractivity contribution in [1.29, 1.82) is 0 Å². The molecule has 5 rings (SSSR count). The lowest BCUT2D eigenvalue weighted by Crippen LogP contribution is -2.35. The first-order valence-electron chi connectivity index (χ1n) is 10.6. The van der Waals surface area contributed by atoms with Crippen molar-refractivity contribution < 1.29 is 5.11 Å². The van der Waals surface area contributed by atoms with Gasteiger partial charge in [-0.3, -0.25) is 9.67 Å². The molecule has 3 aromatic carbocycles. The van der Waals surface area contributed by atoms with E-state index in [2.05, 4.69) is 81.9 Å². The summed E-state index contributed by atoms with van der Waals surface area (Å²) in [5.41, 5.74) is 5.41. The Bertz CT molecular complexity index is 1430. The molecule has 0 bridgehead atoms. The van der Waals surface area contributed by atoms with E-state index in [-0.39, 0.29) is 11.8 Å². The number of phenols is 1. The summed E-state index contributed by atoms with van der Waals surface area (Å²) in [5, 5.41) is 15.7. The molecule has 160 valence electrons. The summed E-state index contributed by atoms with van der Waals surface area (Å²) in [5.74, 6) is 0.270. The number of aliphatic imine (C=N–C) groups is 1. The lowest BCUT2D eigenvalue weighted by molar-refractivity contribution is 0.476. The molecule has 0 fully saturated rings. The van der Waals surface area contributed by atoms with Crippen molar-refractivity contribution in [2.45, 2.75) is 6.04 Å². The zero-order valence-electron chi connectivity index (χ0n) is 18.5. The van der Waals surface area contributed by atoms with Crippen LogP contribution in [0.1, 0.15) is 17.2 Å². The largest absolute Gasteiger partial charge is 0.508 e. The van der Waals surface area contributed by atoms with Gasteiger partial charge in [-0.1, -0.05) is 24.3 Å². The zero-order chi connectivity index (χ0) is 22.4. The summed E-state index contributed by atoms with van der Waals surface area (Å²) >= 11 is 0. The maximum absolute atomic E-state index is 10.2. The SMILES string of the molecule is C=Nc1ccc(C2C=c3/c(=C\c4ccc(N(C)C)cc4)c4cc(O)ccc4n3N2C)cc1. The Balaban J connectivity index is 1.72. The number of aromatic hydroxyl groups is 1. The lowest BCUT2D eigenvalue weighted by atomic mass is 10.1. The van der Waals surface area contributed by atoms with Crippen LogP contribution in [0.3, 0.4) is 0 Å². The number of rotatable bonds is 4. The van der Waals surface area contributed by atoms with Gasteiger partial charge >= 0.3 is 0 Å². The van der Waals surface area contributed by atoms with Crippen LogP contribution in [0, 0.1) is 0 Å². The number of phenolic OH excluding ortho intramolecular Hbond substituents is 1. The van der Waals surface area contributed by atoms with Gasteiger partial charge in [0.1, 0.15) is 5.75 Å². The Hall–Kier alpha value is -3.99. The van der Waals surface area contributed by atoms with Crippen molar-refractivity contribution >= 4 is 41.1 Å². The molecule has 1 atom stereocenters. The number of aromatic nitrogens is 1. The van der Waals surface area contributed by atoms with Gasteiger partial charge < -0.3 is 15.0 Å². The molecule has 4 aromatic rings. The Labute approximate surface area is 187 Å². The van der Waals surface area contributed by atoms with Crippen molar-refractivity contribution in [3.05, 3.63) is 88.4 Å². The summed E-state index contributed by atoms with van der Waals surface area (Å²) in [6.07, 6.45) is 4.48. The molecule has 0 spiro atoms. The highest BCUT2D eigenvalue weighted by Crippen LogP contribution is 2.27. The molecule has 0 aliphatic carbocycles. The van der Waals surface area contributed by atoms with Crippen LogP contribution < -0.4 is 20.5 Å². The summed E-state index contributed by atoms with van der Waals surface area (Å²) < 4.78 is 2.24. The molecule has 0 saturated heterocycles. The third kappa shape index (κ3) is 3.23. The van der Waals surface area contributed by atoms with Crippen molar-refractivity contribution in [1.82, 2.24) is 4.68 Å². The Morgan fingerprint density at radius 2 is 1.72 bits per heavy atom. The maximum Gasteiger partial charge on any atom is 0.116 e. The minimum atomic E-state index is 0.102. The number of benzene rings is 3. The van der Waals surface area contributed by atoms with Gasteiger partial charge in [-0.2, -0.15) is 0 Å². The Morgan fingerprint density at radius 3 is 2.38 bits per heavy atom. The first-order chi connectivity index (χ1) is 15.5. The van der Waals surface area contributed by atoms with Gasteiger partial charge in [-0.05, 0) is 72.5 Å². The molecule has 1 unspecified atom stereocenters. The fourth-order valence-corrected chi connectivity index (χ4v) is 4.46. The van der Waals surface area contributed by atoms with Gasteiger partial charge in [-0.15, -0.1) is 0 Å². The van der Waals surface area contributed by atoms with E-state index in [1.807, 2.05) is 38.4 Å². The summed E-state index contributed by atoms with van der Waals surface area (Å²) in [6.45, 7) is 3.61. The van der Waals surface area contributed by atoms with Crippen molar-refractivity contribution in [2.24, 2.45) is 4.99 Å². The highest BCUT2D eigenvalue weighted by atomic mass is 16.3. The second-order valence-corrected chi connectivity index (χ2v) is 8.38. The predicted octanol–water partition coefficient (Wildman–Crippen LogP) is 3.68. The molecule has 1 N–H and O–H groups in total. The summed E-state index contributed by atoms with van der Waals surface area (Å²) in [4.78, 5) is 6.09. The molecule has 5 nitrogen and oxygen atoms in total. The van der Waals surface area contributed by atoms with Crippen LogP contribution in [0.4, 0.5) is 11.4 Å². The average molecular weight is 423 g/mol. The topological polar surface area (TPSA) is 44.0 Å². The summed E-state index contributed by atoms with van der Waals surface area (Å²) in [7, 11) is 6.18. The van der Waals surface area contributed by atoms with E-state index >= 15 is 0 Å². The smallest absolute Gasteiger partial charge is 0.116 e. The molecule has 2 heterocycles. The van der Waals surface area contributed by atoms with Crippen LogP contribution in [-0.2, 0) is 0 Å². The highest BCUT2D eigenvalue weighted by Gasteiger charge is 2.25. The van der Waals surface area contributed by atoms with Crippen molar-refractivity contribution in [3.63, 3.8) is 0 Å². The number of hydrogen-bond acceptors (Lipinski definition) is 4. The first-order valence-corrected chi connectivity index (χ1v) is 10.6. The van der Waals surface area contributed by atoms with Gasteiger partial charge in [0.2, 0.25) is 0 Å². The molecule has 1 aliphatic heterocycles. The molecule has 0 radical (unpaired) electrons. The first kappa shape index (κ1) is 19.9. The van der Waals surface area contributed by atoms with Crippen LogP contribution >= 0.6 is 0 Å². The van der Waals surface area contributed by atoms with E-state index in [1.54, 1.807) is 6.07 Å². The zero-order valence-corrected chi connectivity index (χ0v) is 18.5. The number of nitrogens with zero attached hydrogens (tertiary/aromatic N) is 4. The normalized spacial score (nSPS) is 15.7. The standard InChI is InChI=1S/C27H26N4O/c1-28-20-9-7-19(8-10-20)26-17-27-23(15-18-5-11-21(12-6-18)29(2)3)24-16-22(32)13-14-25(24)31(27)30(26)4/h5-17,26,32H,1H2,2-4H3/b23-15-. The molecule has 1 aromatic heterocycles. The lowest BCUT2D eigenvalue weighted by Gasteiger charge is -2.25. The number of anilines is 1. The molecule has 0 saturated carbocycles. The third-order valence-electron chi connectivity index (χ3n) is 6.17. The summed E-state index contributed by atoms with van der Waals surface area (Å²) in [6, 6.07) is 22.4. The molecule has 1 aliphatic rings. The van der Waals surface area contributed by atoms with Crippen LogP contribution in [0.5, 0.6) is 5.75 Å². The van der Waals surface area contributed by atoms with E-state index in [0.29, 0.717) is 0 Å².